The first-order chi connectivity index (χ1) is 7.36. The molecule has 2 fully saturated rings. The molecule has 0 spiro atoms. The first-order valence-corrected chi connectivity index (χ1v) is 5.23. The predicted octanol–water partition coefficient (Wildman–Crippen LogP) is 0.504. The molecule has 0 radical (unpaired) electrons. The zero-order chi connectivity index (χ0) is 10.3. The van der Waals surface area contributed by atoms with Gasteiger partial charge in [0.05, 0.1) is 5.56 Å². The van der Waals surface area contributed by atoms with Gasteiger partial charge in [0.15, 0.2) is 0 Å². The van der Waals surface area contributed by atoms with Crippen LogP contribution < -0.4 is 10.2 Å². The van der Waals surface area contributed by atoms with E-state index in [1.807, 2.05) is 12.1 Å². The molecule has 2 aliphatic heterocycles. The van der Waals surface area contributed by atoms with Crippen molar-refractivity contribution in [1.29, 1.82) is 5.26 Å². The Kier molecular flexibility index (Phi) is 1.86. The molecule has 3 rings (SSSR count). The van der Waals surface area contributed by atoms with E-state index in [2.05, 4.69) is 21.3 Å². The number of nitriles is 1. The van der Waals surface area contributed by atoms with Gasteiger partial charge in [0.2, 0.25) is 0 Å². The molecule has 76 valence electrons. The highest BCUT2D eigenvalue weighted by Gasteiger charge is 2.37. The lowest BCUT2D eigenvalue weighted by Crippen LogP contribution is -2.43. The molecular weight excluding hydrogens is 188 g/mol. The molecular formula is C11H12N4. The van der Waals surface area contributed by atoms with E-state index in [9.17, 15) is 0 Å². The van der Waals surface area contributed by atoms with Gasteiger partial charge in [0.1, 0.15) is 11.9 Å². The molecule has 2 atom stereocenters. The Hall–Kier alpha value is -1.60. The van der Waals surface area contributed by atoms with Crippen molar-refractivity contribution in [2.75, 3.05) is 18.0 Å². The highest BCUT2D eigenvalue weighted by Crippen LogP contribution is 2.27. The molecule has 0 aliphatic carbocycles. The van der Waals surface area contributed by atoms with Crippen LogP contribution in [0, 0.1) is 11.3 Å². The summed E-state index contributed by atoms with van der Waals surface area (Å²) in [4.78, 5) is 6.66. The highest BCUT2D eigenvalue weighted by atomic mass is 15.3. The lowest BCUT2D eigenvalue weighted by atomic mass is 10.2. The first kappa shape index (κ1) is 8.69. The molecule has 2 aliphatic rings. The van der Waals surface area contributed by atoms with Gasteiger partial charge in [-0.15, -0.1) is 0 Å². The summed E-state index contributed by atoms with van der Waals surface area (Å²) in [6.07, 6.45) is 2.87. The van der Waals surface area contributed by atoms with Crippen LogP contribution in [0.4, 0.5) is 5.82 Å². The van der Waals surface area contributed by atoms with Crippen LogP contribution in [0.3, 0.4) is 0 Å². The molecule has 2 bridgehead atoms. The molecule has 0 amide bonds. The van der Waals surface area contributed by atoms with E-state index < -0.39 is 0 Å². The Morgan fingerprint density at radius 1 is 1.53 bits per heavy atom. The Morgan fingerprint density at radius 2 is 2.47 bits per heavy atom. The third-order valence-electron chi connectivity index (χ3n) is 3.23. The van der Waals surface area contributed by atoms with Gasteiger partial charge in [0, 0.05) is 31.4 Å². The van der Waals surface area contributed by atoms with Gasteiger partial charge in [-0.25, -0.2) is 4.98 Å². The summed E-state index contributed by atoms with van der Waals surface area (Å²) in [5.74, 6) is 1.00. The van der Waals surface area contributed by atoms with Crippen molar-refractivity contribution in [2.45, 2.75) is 18.5 Å². The largest absolute Gasteiger partial charge is 0.351 e. The fraction of sp³-hybridized carbons (Fsp3) is 0.455. The topological polar surface area (TPSA) is 52.0 Å². The SMILES string of the molecule is N#Cc1ccc(N2C[C@H]3C[C@@H]2CN3)nc1. The first-order valence-electron chi connectivity index (χ1n) is 5.23. The van der Waals surface area contributed by atoms with E-state index in [0.717, 1.165) is 18.9 Å². The van der Waals surface area contributed by atoms with Gasteiger partial charge in [-0.2, -0.15) is 5.26 Å². The summed E-state index contributed by atoms with van der Waals surface area (Å²) in [5.41, 5.74) is 0.626. The number of anilines is 1. The van der Waals surface area contributed by atoms with Crippen LogP contribution >= 0.6 is 0 Å². The fourth-order valence-electron chi connectivity index (χ4n) is 2.46. The molecule has 4 nitrogen and oxygen atoms in total. The Morgan fingerprint density at radius 3 is 3.00 bits per heavy atom. The average Bonchev–Trinajstić information content (AvgIpc) is 2.91. The predicted molar refractivity (Wildman–Crippen MR) is 56.5 cm³/mol. The van der Waals surface area contributed by atoms with Crippen molar-refractivity contribution in [2.24, 2.45) is 0 Å². The zero-order valence-electron chi connectivity index (χ0n) is 8.35. The third-order valence-corrected chi connectivity index (χ3v) is 3.23. The molecule has 4 heteroatoms. The Bertz CT molecular complexity index is 406. The minimum atomic E-state index is 0.593. The van der Waals surface area contributed by atoms with Gasteiger partial charge >= 0.3 is 0 Å². The maximum Gasteiger partial charge on any atom is 0.128 e. The summed E-state index contributed by atoms with van der Waals surface area (Å²) in [7, 11) is 0. The van der Waals surface area contributed by atoms with Crippen molar-refractivity contribution in [3.8, 4) is 6.07 Å². The van der Waals surface area contributed by atoms with Gasteiger partial charge in [-0.1, -0.05) is 0 Å². The maximum absolute atomic E-state index is 8.69. The van der Waals surface area contributed by atoms with E-state index in [0.29, 0.717) is 17.6 Å². The molecule has 3 heterocycles. The van der Waals surface area contributed by atoms with Crippen molar-refractivity contribution in [1.82, 2.24) is 10.3 Å². The number of hydrogen-bond acceptors (Lipinski definition) is 4. The molecule has 2 saturated heterocycles. The molecule has 1 aromatic rings. The van der Waals surface area contributed by atoms with Crippen LogP contribution in [-0.2, 0) is 0 Å². The monoisotopic (exact) mass is 200 g/mol. The molecule has 0 saturated carbocycles. The average molecular weight is 200 g/mol. The van der Waals surface area contributed by atoms with E-state index >= 15 is 0 Å². The number of fused-ring (bicyclic) bond motifs is 2. The number of rotatable bonds is 1. The third kappa shape index (κ3) is 1.36. The minimum Gasteiger partial charge on any atom is -0.351 e. The van der Waals surface area contributed by atoms with Crippen LogP contribution in [0.2, 0.25) is 0 Å². The van der Waals surface area contributed by atoms with E-state index in [1.54, 1.807) is 6.20 Å². The van der Waals surface area contributed by atoms with E-state index in [1.165, 1.54) is 6.42 Å². The molecule has 0 unspecified atom stereocenters. The van der Waals surface area contributed by atoms with Crippen LogP contribution in [-0.4, -0.2) is 30.2 Å². The number of aromatic nitrogens is 1. The zero-order valence-corrected chi connectivity index (χ0v) is 8.35. The van der Waals surface area contributed by atoms with Crippen LogP contribution in [0.25, 0.3) is 0 Å². The lowest BCUT2D eigenvalue weighted by molar-refractivity contribution is 0.576. The van der Waals surface area contributed by atoms with E-state index in [-0.39, 0.29) is 0 Å². The van der Waals surface area contributed by atoms with Crippen molar-refractivity contribution < 1.29 is 0 Å². The number of hydrogen-bond donors (Lipinski definition) is 1. The van der Waals surface area contributed by atoms with Gasteiger partial charge < -0.3 is 10.2 Å². The summed E-state index contributed by atoms with van der Waals surface area (Å²) in [6, 6.07) is 7.09. The summed E-state index contributed by atoms with van der Waals surface area (Å²) in [5, 5.41) is 12.1. The summed E-state index contributed by atoms with van der Waals surface area (Å²) >= 11 is 0. The number of pyridine rings is 1. The number of nitrogens with zero attached hydrogens (tertiary/aromatic N) is 3. The minimum absolute atomic E-state index is 0.593. The quantitative estimate of drug-likeness (QED) is 0.717. The molecule has 15 heavy (non-hydrogen) atoms. The van der Waals surface area contributed by atoms with Crippen molar-refractivity contribution >= 4 is 5.82 Å². The van der Waals surface area contributed by atoms with E-state index in [4.69, 9.17) is 5.26 Å². The second kappa shape index (κ2) is 3.21. The van der Waals surface area contributed by atoms with Crippen molar-refractivity contribution in [3.05, 3.63) is 23.9 Å². The smallest absolute Gasteiger partial charge is 0.128 e. The maximum atomic E-state index is 8.69. The van der Waals surface area contributed by atoms with Crippen molar-refractivity contribution in [3.63, 3.8) is 0 Å². The molecule has 1 N–H and O–H groups in total. The lowest BCUT2D eigenvalue weighted by Gasteiger charge is -2.28. The second-order valence-corrected chi connectivity index (χ2v) is 4.16. The van der Waals surface area contributed by atoms with Gasteiger partial charge in [-0.3, -0.25) is 0 Å². The van der Waals surface area contributed by atoms with Crippen LogP contribution in [0.1, 0.15) is 12.0 Å². The molecule has 0 aromatic carbocycles. The normalized spacial score (nSPS) is 28.1. The number of nitrogens with one attached hydrogen (secondary N) is 1. The van der Waals surface area contributed by atoms with Gasteiger partial charge in [0.25, 0.3) is 0 Å². The van der Waals surface area contributed by atoms with Gasteiger partial charge in [-0.05, 0) is 18.6 Å². The summed E-state index contributed by atoms with van der Waals surface area (Å²) in [6.45, 7) is 2.11. The van der Waals surface area contributed by atoms with Crippen LogP contribution in [0.5, 0.6) is 0 Å². The summed E-state index contributed by atoms with van der Waals surface area (Å²) < 4.78 is 0. The second-order valence-electron chi connectivity index (χ2n) is 4.16. The molecule has 1 aromatic heterocycles. The van der Waals surface area contributed by atoms with Crippen LogP contribution in [0.15, 0.2) is 18.3 Å². The highest BCUT2D eigenvalue weighted by molar-refractivity contribution is 5.45. The number of piperazine rings is 1. The Labute approximate surface area is 88.5 Å². The Balaban J connectivity index is 1.85. The standard InChI is InChI=1S/C11H12N4/c12-4-8-1-2-11(14-5-8)15-7-9-3-10(15)6-13-9/h1-2,5,9-10,13H,3,6-7H2/t9-,10-/m1/s1. The fourth-order valence-corrected chi connectivity index (χ4v) is 2.46.